The monoisotopic (exact) mass is 341 g/mol. The average Bonchev–Trinajstić information content (AvgIpc) is 2.99. The number of carbonyl (C=O) groups excluding carboxylic acids is 1. The largest absolute Gasteiger partial charge is 0.352 e. The standard InChI is InChI=1S/C14H19N3O5S/c1-16(10-14(18)15-11-5-2-3-6-11)23(21,22)13-8-4-7-12(9-13)17(19)20/h4,7-9,11H,2-3,5-6,10H2,1H3,(H,15,18). The van der Waals surface area contributed by atoms with Crippen molar-refractivity contribution in [2.75, 3.05) is 13.6 Å². The minimum Gasteiger partial charge on any atom is -0.352 e. The molecule has 0 unspecified atom stereocenters. The maximum Gasteiger partial charge on any atom is 0.270 e. The van der Waals surface area contributed by atoms with Crippen molar-refractivity contribution < 1.29 is 18.1 Å². The van der Waals surface area contributed by atoms with Crippen LogP contribution in [-0.2, 0) is 14.8 Å². The molecule has 1 aromatic carbocycles. The van der Waals surface area contributed by atoms with Crippen LogP contribution in [0.5, 0.6) is 0 Å². The number of sulfonamides is 1. The Bertz CT molecular complexity index is 698. The second kappa shape index (κ2) is 7.05. The SMILES string of the molecule is CN(CC(=O)NC1CCCC1)S(=O)(=O)c1cccc([N+](=O)[O-])c1. The van der Waals surface area contributed by atoms with E-state index in [1.165, 1.54) is 25.2 Å². The zero-order valence-corrected chi connectivity index (χ0v) is 13.6. The molecule has 1 aromatic rings. The van der Waals surface area contributed by atoms with Crippen molar-refractivity contribution in [3.63, 3.8) is 0 Å². The highest BCUT2D eigenvalue weighted by atomic mass is 32.2. The van der Waals surface area contributed by atoms with Crippen LogP contribution in [0.2, 0.25) is 0 Å². The summed E-state index contributed by atoms with van der Waals surface area (Å²) < 4.78 is 25.7. The van der Waals surface area contributed by atoms with Crippen molar-refractivity contribution in [2.45, 2.75) is 36.6 Å². The number of nitro benzene ring substituents is 1. The Morgan fingerprint density at radius 1 is 1.39 bits per heavy atom. The van der Waals surface area contributed by atoms with Gasteiger partial charge in [-0.3, -0.25) is 14.9 Å². The molecule has 1 fully saturated rings. The van der Waals surface area contributed by atoms with Crippen LogP contribution >= 0.6 is 0 Å². The Morgan fingerprint density at radius 3 is 2.65 bits per heavy atom. The molecule has 0 atom stereocenters. The number of carbonyl (C=O) groups is 1. The van der Waals surface area contributed by atoms with Crippen molar-refractivity contribution in [3.05, 3.63) is 34.4 Å². The fourth-order valence-electron chi connectivity index (χ4n) is 2.57. The Labute approximate surface area is 134 Å². The van der Waals surface area contributed by atoms with Gasteiger partial charge in [-0.05, 0) is 18.9 Å². The normalized spacial score (nSPS) is 15.7. The minimum atomic E-state index is -3.96. The lowest BCUT2D eigenvalue weighted by molar-refractivity contribution is -0.385. The number of nitrogens with zero attached hydrogens (tertiary/aromatic N) is 2. The highest BCUT2D eigenvalue weighted by Gasteiger charge is 2.26. The smallest absolute Gasteiger partial charge is 0.270 e. The van der Waals surface area contributed by atoms with Gasteiger partial charge < -0.3 is 5.32 Å². The van der Waals surface area contributed by atoms with Gasteiger partial charge in [-0.15, -0.1) is 0 Å². The molecule has 1 N–H and O–H groups in total. The Morgan fingerprint density at radius 2 is 2.04 bits per heavy atom. The van der Waals surface area contributed by atoms with Crippen LogP contribution in [0.25, 0.3) is 0 Å². The van der Waals surface area contributed by atoms with Crippen molar-refractivity contribution >= 4 is 21.6 Å². The van der Waals surface area contributed by atoms with Gasteiger partial charge in [0.2, 0.25) is 15.9 Å². The number of benzene rings is 1. The van der Waals surface area contributed by atoms with E-state index in [1.54, 1.807) is 0 Å². The second-order valence-corrected chi connectivity index (χ2v) is 7.61. The second-order valence-electron chi connectivity index (χ2n) is 5.56. The van der Waals surface area contributed by atoms with E-state index in [-0.39, 0.29) is 29.1 Å². The molecule has 23 heavy (non-hydrogen) atoms. The summed E-state index contributed by atoms with van der Waals surface area (Å²) >= 11 is 0. The molecule has 0 bridgehead atoms. The molecule has 1 aliphatic rings. The topological polar surface area (TPSA) is 110 Å². The number of hydrogen-bond acceptors (Lipinski definition) is 5. The Balaban J connectivity index is 2.07. The first-order chi connectivity index (χ1) is 10.8. The molecule has 0 heterocycles. The summed E-state index contributed by atoms with van der Waals surface area (Å²) in [5.41, 5.74) is -0.310. The third-order valence-electron chi connectivity index (χ3n) is 3.82. The lowest BCUT2D eigenvalue weighted by Gasteiger charge is -2.18. The molecule has 0 spiro atoms. The Kier molecular flexibility index (Phi) is 5.32. The molecule has 0 radical (unpaired) electrons. The van der Waals surface area contributed by atoms with Crippen molar-refractivity contribution in [1.29, 1.82) is 0 Å². The Hall–Kier alpha value is -2.00. The third kappa shape index (κ3) is 4.26. The molecule has 0 aliphatic heterocycles. The van der Waals surface area contributed by atoms with Gasteiger partial charge in [-0.25, -0.2) is 8.42 Å². The zero-order valence-electron chi connectivity index (χ0n) is 12.8. The summed E-state index contributed by atoms with van der Waals surface area (Å²) in [4.78, 5) is 21.8. The molecule has 2 rings (SSSR count). The molecular weight excluding hydrogens is 322 g/mol. The number of hydrogen-bond donors (Lipinski definition) is 1. The van der Waals surface area contributed by atoms with Crippen molar-refractivity contribution in [1.82, 2.24) is 9.62 Å². The summed E-state index contributed by atoms with van der Waals surface area (Å²) in [5, 5.41) is 13.6. The number of nitrogens with one attached hydrogen (secondary N) is 1. The van der Waals surface area contributed by atoms with Crippen LogP contribution in [-0.4, -0.2) is 43.2 Å². The van der Waals surface area contributed by atoms with Crippen LogP contribution < -0.4 is 5.32 Å². The van der Waals surface area contributed by atoms with Gasteiger partial charge in [0, 0.05) is 25.2 Å². The molecular formula is C14H19N3O5S. The first-order valence-electron chi connectivity index (χ1n) is 7.31. The molecule has 1 saturated carbocycles. The van der Waals surface area contributed by atoms with E-state index in [9.17, 15) is 23.3 Å². The molecule has 0 saturated heterocycles. The van der Waals surface area contributed by atoms with Gasteiger partial charge in [0.25, 0.3) is 5.69 Å². The predicted molar refractivity (Wildman–Crippen MR) is 83.3 cm³/mol. The van der Waals surface area contributed by atoms with Gasteiger partial charge in [-0.1, -0.05) is 18.9 Å². The van der Waals surface area contributed by atoms with Crippen molar-refractivity contribution in [3.8, 4) is 0 Å². The van der Waals surface area contributed by atoms with Crippen LogP contribution in [0.15, 0.2) is 29.2 Å². The summed E-state index contributed by atoms with van der Waals surface area (Å²) in [7, 11) is -2.68. The van der Waals surface area contributed by atoms with Gasteiger partial charge in [0.15, 0.2) is 0 Å². The zero-order chi connectivity index (χ0) is 17.0. The summed E-state index contributed by atoms with van der Waals surface area (Å²) in [5.74, 6) is -0.367. The van der Waals surface area contributed by atoms with Gasteiger partial charge >= 0.3 is 0 Å². The highest BCUT2D eigenvalue weighted by molar-refractivity contribution is 7.89. The van der Waals surface area contributed by atoms with Gasteiger partial charge in [-0.2, -0.15) is 4.31 Å². The van der Waals surface area contributed by atoms with Crippen molar-refractivity contribution in [2.24, 2.45) is 0 Å². The van der Waals surface area contributed by atoms with E-state index in [0.29, 0.717) is 0 Å². The summed E-state index contributed by atoms with van der Waals surface area (Å²) in [6.45, 7) is -0.318. The fraction of sp³-hybridized carbons (Fsp3) is 0.500. The number of likely N-dealkylation sites (N-methyl/N-ethyl adjacent to an activating group) is 1. The molecule has 8 nitrogen and oxygen atoms in total. The third-order valence-corrected chi connectivity index (χ3v) is 5.62. The average molecular weight is 341 g/mol. The van der Waals surface area contributed by atoms with E-state index in [0.717, 1.165) is 36.1 Å². The fourth-order valence-corrected chi connectivity index (χ4v) is 3.74. The quantitative estimate of drug-likeness (QED) is 0.619. The lowest BCUT2D eigenvalue weighted by Crippen LogP contribution is -2.41. The highest BCUT2D eigenvalue weighted by Crippen LogP contribution is 2.20. The summed E-state index contributed by atoms with van der Waals surface area (Å²) in [6, 6.07) is 4.88. The summed E-state index contributed by atoms with van der Waals surface area (Å²) in [6.07, 6.45) is 3.94. The number of nitro groups is 1. The van der Waals surface area contributed by atoms with Crippen LogP contribution in [0.4, 0.5) is 5.69 Å². The molecule has 9 heteroatoms. The number of rotatable bonds is 6. The predicted octanol–water partition coefficient (Wildman–Crippen LogP) is 1.27. The van der Waals surface area contributed by atoms with Crippen LogP contribution in [0.3, 0.4) is 0 Å². The minimum absolute atomic E-state index is 0.108. The van der Waals surface area contributed by atoms with E-state index < -0.39 is 14.9 Å². The first-order valence-corrected chi connectivity index (χ1v) is 8.75. The van der Waals surface area contributed by atoms with E-state index in [4.69, 9.17) is 0 Å². The molecule has 1 amide bonds. The maximum atomic E-state index is 12.4. The van der Waals surface area contributed by atoms with Crippen LogP contribution in [0.1, 0.15) is 25.7 Å². The number of amides is 1. The van der Waals surface area contributed by atoms with E-state index in [1.807, 2.05) is 0 Å². The lowest BCUT2D eigenvalue weighted by atomic mass is 10.2. The van der Waals surface area contributed by atoms with E-state index >= 15 is 0 Å². The number of non-ortho nitro benzene ring substituents is 1. The van der Waals surface area contributed by atoms with Gasteiger partial charge in [0.05, 0.1) is 16.4 Å². The molecule has 1 aliphatic carbocycles. The van der Waals surface area contributed by atoms with Gasteiger partial charge in [0.1, 0.15) is 0 Å². The maximum absolute atomic E-state index is 12.4. The van der Waals surface area contributed by atoms with E-state index in [2.05, 4.69) is 5.32 Å². The molecule has 126 valence electrons. The first kappa shape index (κ1) is 17.4. The van der Waals surface area contributed by atoms with Crippen LogP contribution in [0, 0.1) is 10.1 Å². The molecule has 0 aromatic heterocycles.